The van der Waals surface area contributed by atoms with E-state index in [4.69, 9.17) is 5.73 Å². The maximum absolute atomic E-state index is 13.2. The average molecular weight is 248 g/mol. The SMILES string of the molecule is Cc1cc(N(C)c2ccc(F)cc2N)ccc1F. The van der Waals surface area contributed by atoms with E-state index < -0.39 is 0 Å². The molecule has 2 nitrogen and oxygen atoms in total. The van der Waals surface area contributed by atoms with E-state index >= 15 is 0 Å². The van der Waals surface area contributed by atoms with E-state index in [0.29, 0.717) is 16.9 Å². The first kappa shape index (κ1) is 12.4. The van der Waals surface area contributed by atoms with Crippen molar-refractivity contribution in [2.75, 3.05) is 17.7 Å². The zero-order valence-electron chi connectivity index (χ0n) is 10.2. The fourth-order valence-corrected chi connectivity index (χ4v) is 1.81. The number of nitrogen functional groups attached to an aromatic ring is 1. The van der Waals surface area contributed by atoms with Crippen molar-refractivity contribution in [1.29, 1.82) is 0 Å². The molecule has 2 rings (SSSR count). The van der Waals surface area contributed by atoms with Gasteiger partial charge in [0.1, 0.15) is 11.6 Å². The Labute approximate surface area is 105 Å². The van der Waals surface area contributed by atoms with Gasteiger partial charge in [0.15, 0.2) is 0 Å². The minimum absolute atomic E-state index is 0.251. The summed E-state index contributed by atoms with van der Waals surface area (Å²) in [7, 11) is 1.80. The van der Waals surface area contributed by atoms with Crippen LogP contribution in [0.2, 0.25) is 0 Å². The van der Waals surface area contributed by atoms with E-state index in [-0.39, 0.29) is 11.6 Å². The number of hydrogen-bond acceptors (Lipinski definition) is 2. The minimum atomic E-state index is -0.375. The second-order valence-electron chi connectivity index (χ2n) is 4.20. The van der Waals surface area contributed by atoms with Gasteiger partial charge in [-0.05, 0) is 48.9 Å². The Balaban J connectivity index is 2.41. The Kier molecular flexibility index (Phi) is 3.19. The lowest BCUT2D eigenvalue weighted by Gasteiger charge is -2.21. The van der Waals surface area contributed by atoms with Crippen LogP contribution in [-0.4, -0.2) is 7.05 Å². The monoisotopic (exact) mass is 248 g/mol. The van der Waals surface area contributed by atoms with E-state index in [2.05, 4.69) is 0 Å². The lowest BCUT2D eigenvalue weighted by molar-refractivity contribution is 0.618. The van der Waals surface area contributed by atoms with Gasteiger partial charge in [0.2, 0.25) is 0 Å². The van der Waals surface area contributed by atoms with Crippen LogP contribution in [-0.2, 0) is 0 Å². The van der Waals surface area contributed by atoms with Crippen molar-refractivity contribution in [3.63, 3.8) is 0 Å². The number of benzene rings is 2. The van der Waals surface area contributed by atoms with Crippen molar-refractivity contribution in [3.05, 3.63) is 53.6 Å². The normalized spacial score (nSPS) is 10.4. The van der Waals surface area contributed by atoms with Gasteiger partial charge >= 0.3 is 0 Å². The van der Waals surface area contributed by atoms with Gasteiger partial charge in [-0.3, -0.25) is 0 Å². The first-order valence-electron chi connectivity index (χ1n) is 5.54. The third-order valence-corrected chi connectivity index (χ3v) is 2.88. The highest BCUT2D eigenvalue weighted by Crippen LogP contribution is 2.30. The van der Waals surface area contributed by atoms with Gasteiger partial charge in [-0.15, -0.1) is 0 Å². The topological polar surface area (TPSA) is 29.3 Å². The van der Waals surface area contributed by atoms with Crippen LogP contribution in [0.1, 0.15) is 5.56 Å². The highest BCUT2D eigenvalue weighted by Gasteiger charge is 2.09. The van der Waals surface area contributed by atoms with E-state index in [1.165, 1.54) is 18.2 Å². The molecule has 0 spiro atoms. The van der Waals surface area contributed by atoms with Crippen LogP contribution in [0.25, 0.3) is 0 Å². The fraction of sp³-hybridized carbons (Fsp3) is 0.143. The molecule has 0 fully saturated rings. The van der Waals surface area contributed by atoms with Crippen molar-refractivity contribution in [3.8, 4) is 0 Å². The molecule has 0 aliphatic heterocycles. The molecule has 2 aromatic carbocycles. The van der Waals surface area contributed by atoms with Crippen LogP contribution in [0.4, 0.5) is 25.8 Å². The quantitative estimate of drug-likeness (QED) is 0.822. The van der Waals surface area contributed by atoms with Gasteiger partial charge in [0.25, 0.3) is 0 Å². The summed E-state index contributed by atoms with van der Waals surface area (Å²) >= 11 is 0. The Bertz CT molecular complexity index is 582. The predicted octanol–water partition coefficient (Wildman–Crippen LogP) is 3.62. The van der Waals surface area contributed by atoms with E-state index in [0.717, 1.165) is 5.69 Å². The van der Waals surface area contributed by atoms with Crippen LogP contribution >= 0.6 is 0 Å². The predicted molar refractivity (Wildman–Crippen MR) is 70.0 cm³/mol. The maximum atomic E-state index is 13.2. The summed E-state index contributed by atoms with van der Waals surface area (Å²) in [4.78, 5) is 1.79. The molecule has 0 aliphatic carbocycles. The molecule has 0 atom stereocenters. The molecule has 0 bridgehead atoms. The van der Waals surface area contributed by atoms with E-state index in [9.17, 15) is 8.78 Å². The molecule has 0 unspecified atom stereocenters. The highest BCUT2D eigenvalue weighted by molar-refractivity contribution is 5.74. The lowest BCUT2D eigenvalue weighted by Crippen LogP contribution is -2.12. The van der Waals surface area contributed by atoms with Crippen molar-refractivity contribution < 1.29 is 8.78 Å². The number of nitrogens with zero attached hydrogens (tertiary/aromatic N) is 1. The van der Waals surface area contributed by atoms with Crippen LogP contribution in [0.5, 0.6) is 0 Å². The number of rotatable bonds is 2. The summed E-state index contributed by atoms with van der Waals surface area (Å²) in [6.45, 7) is 1.70. The first-order chi connectivity index (χ1) is 8.49. The van der Waals surface area contributed by atoms with Crippen LogP contribution in [0.3, 0.4) is 0 Å². The molecule has 94 valence electrons. The molecule has 0 aliphatic rings. The number of hydrogen-bond donors (Lipinski definition) is 1. The first-order valence-corrected chi connectivity index (χ1v) is 5.54. The number of nitrogens with two attached hydrogens (primary N) is 1. The molecule has 2 aromatic rings. The summed E-state index contributed by atoms with van der Waals surface area (Å²) in [6.07, 6.45) is 0. The number of anilines is 3. The van der Waals surface area contributed by atoms with E-state index in [1.807, 2.05) is 0 Å². The van der Waals surface area contributed by atoms with Crippen molar-refractivity contribution in [2.45, 2.75) is 6.92 Å². The average Bonchev–Trinajstić information content (AvgIpc) is 2.32. The third-order valence-electron chi connectivity index (χ3n) is 2.88. The van der Waals surface area contributed by atoms with Gasteiger partial charge in [-0.25, -0.2) is 8.78 Å². The zero-order chi connectivity index (χ0) is 13.3. The van der Waals surface area contributed by atoms with Gasteiger partial charge in [0.05, 0.1) is 11.4 Å². The summed E-state index contributed by atoms with van der Waals surface area (Å²) in [5.41, 5.74) is 8.16. The molecule has 0 amide bonds. The van der Waals surface area contributed by atoms with E-state index in [1.54, 1.807) is 37.1 Å². The Morgan fingerprint density at radius 2 is 1.78 bits per heavy atom. The van der Waals surface area contributed by atoms with Crippen molar-refractivity contribution in [1.82, 2.24) is 0 Å². The maximum Gasteiger partial charge on any atom is 0.126 e. The lowest BCUT2D eigenvalue weighted by atomic mass is 10.1. The number of aryl methyl sites for hydroxylation is 1. The fourth-order valence-electron chi connectivity index (χ4n) is 1.81. The van der Waals surface area contributed by atoms with Crippen molar-refractivity contribution in [2.24, 2.45) is 0 Å². The Morgan fingerprint density at radius 3 is 2.39 bits per heavy atom. The molecule has 4 heteroatoms. The molecule has 0 heterocycles. The number of halogens is 2. The van der Waals surface area contributed by atoms with Crippen molar-refractivity contribution >= 4 is 17.1 Å². The van der Waals surface area contributed by atoms with Gasteiger partial charge in [-0.1, -0.05) is 0 Å². The summed E-state index contributed by atoms with van der Waals surface area (Å²) in [6, 6.07) is 8.99. The standard InChI is InChI=1S/C14H14F2N2/c1-9-7-11(4-5-12(9)16)18(2)14-6-3-10(15)8-13(14)17/h3-8H,17H2,1-2H3. The summed E-state index contributed by atoms with van der Waals surface area (Å²) < 4.78 is 26.2. The molecule has 0 radical (unpaired) electrons. The largest absolute Gasteiger partial charge is 0.397 e. The van der Waals surface area contributed by atoms with Crippen LogP contribution in [0, 0.1) is 18.6 Å². The molecule has 0 saturated heterocycles. The van der Waals surface area contributed by atoms with Crippen LogP contribution < -0.4 is 10.6 Å². The summed E-state index contributed by atoms with van der Waals surface area (Å²) in [5, 5.41) is 0. The highest BCUT2D eigenvalue weighted by atomic mass is 19.1. The molecular formula is C14H14F2N2. The zero-order valence-corrected chi connectivity index (χ0v) is 10.2. The smallest absolute Gasteiger partial charge is 0.126 e. The van der Waals surface area contributed by atoms with Gasteiger partial charge in [0, 0.05) is 12.7 Å². The molecule has 0 aromatic heterocycles. The molecule has 0 saturated carbocycles. The Morgan fingerprint density at radius 1 is 1.06 bits per heavy atom. The Hall–Kier alpha value is -2.10. The molecule has 2 N–H and O–H groups in total. The second kappa shape index (κ2) is 4.64. The minimum Gasteiger partial charge on any atom is -0.397 e. The van der Waals surface area contributed by atoms with Gasteiger partial charge in [-0.2, -0.15) is 0 Å². The third kappa shape index (κ3) is 2.27. The van der Waals surface area contributed by atoms with Gasteiger partial charge < -0.3 is 10.6 Å². The second-order valence-corrected chi connectivity index (χ2v) is 4.20. The van der Waals surface area contributed by atoms with Crippen LogP contribution in [0.15, 0.2) is 36.4 Å². The molecular weight excluding hydrogens is 234 g/mol. The molecule has 18 heavy (non-hydrogen) atoms. The summed E-state index contributed by atoms with van der Waals surface area (Å²) in [5.74, 6) is -0.626.